The highest BCUT2D eigenvalue weighted by Gasteiger charge is 2.28. The van der Waals surface area contributed by atoms with E-state index in [0.29, 0.717) is 12.1 Å². The van der Waals surface area contributed by atoms with Crippen molar-refractivity contribution in [1.29, 1.82) is 0 Å². The average molecular weight is 246 g/mol. The van der Waals surface area contributed by atoms with E-state index in [1.54, 1.807) is 0 Å². The van der Waals surface area contributed by atoms with E-state index >= 15 is 0 Å². The third kappa shape index (κ3) is 2.93. The molecular formula is C16H26N2. The molecule has 1 saturated heterocycles. The number of benzene rings is 1. The maximum Gasteiger partial charge on any atom is 0.0323 e. The van der Waals surface area contributed by atoms with E-state index in [0.717, 1.165) is 6.54 Å². The molecule has 0 amide bonds. The molecule has 0 radical (unpaired) electrons. The molecule has 1 heterocycles. The van der Waals surface area contributed by atoms with E-state index in [9.17, 15) is 0 Å². The van der Waals surface area contributed by atoms with E-state index in [1.807, 2.05) is 0 Å². The number of likely N-dealkylation sites (N-methyl/N-ethyl adjacent to an activating group) is 1. The molecule has 2 unspecified atom stereocenters. The van der Waals surface area contributed by atoms with Crippen LogP contribution in [0.5, 0.6) is 0 Å². The summed E-state index contributed by atoms with van der Waals surface area (Å²) in [5.41, 5.74) is 4.22. The largest absolute Gasteiger partial charge is 0.318 e. The minimum atomic E-state index is 0.532. The standard InChI is InChI=1S/C16H26N2/c1-12-8-13(2)10-15(9-12)14(3)18-7-5-6-16(18)11-17-4/h8-10,14,16-17H,5-7,11H2,1-4H3. The quantitative estimate of drug-likeness (QED) is 0.878. The zero-order valence-corrected chi connectivity index (χ0v) is 12.2. The number of aryl methyl sites for hydroxylation is 2. The molecule has 0 bridgehead atoms. The zero-order valence-electron chi connectivity index (χ0n) is 12.2. The highest BCUT2D eigenvalue weighted by atomic mass is 15.2. The Morgan fingerprint density at radius 3 is 2.56 bits per heavy atom. The Hall–Kier alpha value is -0.860. The molecule has 2 nitrogen and oxygen atoms in total. The smallest absolute Gasteiger partial charge is 0.0323 e. The average Bonchev–Trinajstić information content (AvgIpc) is 2.75. The monoisotopic (exact) mass is 246 g/mol. The first kappa shape index (κ1) is 13.6. The topological polar surface area (TPSA) is 15.3 Å². The van der Waals surface area contributed by atoms with E-state index < -0.39 is 0 Å². The van der Waals surface area contributed by atoms with Crippen LogP contribution < -0.4 is 5.32 Å². The summed E-state index contributed by atoms with van der Waals surface area (Å²) in [5, 5.41) is 3.33. The Kier molecular flexibility index (Phi) is 4.41. The number of hydrogen-bond donors (Lipinski definition) is 1. The van der Waals surface area contributed by atoms with Crippen molar-refractivity contribution in [1.82, 2.24) is 10.2 Å². The molecule has 0 aliphatic carbocycles. The van der Waals surface area contributed by atoms with Gasteiger partial charge < -0.3 is 5.32 Å². The van der Waals surface area contributed by atoms with Gasteiger partial charge in [0.1, 0.15) is 0 Å². The van der Waals surface area contributed by atoms with Crippen LogP contribution in [-0.2, 0) is 0 Å². The number of likely N-dealkylation sites (tertiary alicyclic amines) is 1. The molecule has 1 N–H and O–H groups in total. The molecule has 1 aliphatic heterocycles. The second-order valence-electron chi connectivity index (χ2n) is 5.69. The summed E-state index contributed by atoms with van der Waals surface area (Å²) in [6.45, 7) is 9.08. The van der Waals surface area contributed by atoms with E-state index in [4.69, 9.17) is 0 Å². The van der Waals surface area contributed by atoms with Crippen molar-refractivity contribution in [2.75, 3.05) is 20.1 Å². The summed E-state index contributed by atoms with van der Waals surface area (Å²) >= 11 is 0. The molecule has 1 aromatic carbocycles. The molecule has 18 heavy (non-hydrogen) atoms. The summed E-state index contributed by atoms with van der Waals surface area (Å²) in [4.78, 5) is 2.66. The van der Waals surface area contributed by atoms with E-state index in [-0.39, 0.29) is 0 Å². The first-order chi connectivity index (χ1) is 8.61. The van der Waals surface area contributed by atoms with Gasteiger partial charge in [-0.15, -0.1) is 0 Å². The molecule has 0 saturated carbocycles. The Morgan fingerprint density at radius 1 is 1.28 bits per heavy atom. The van der Waals surface area contributed by atoms with Crippen molar-refractivity contribution < 1.29 is 0 Å². The molecule has 2 heteroatoms. The van der Waals surface area contributed by atoms with Crippen molar-refractivity contribution in [2.45, 2.75) is 45.7 Å². The van der Waals surface area contributed by atoms with Crippen molar-refractivity contribution >= 4 is 0 Å². The molecule has 1 aromatic rings. The van der Waals surface area contributed by atoms with Crippen molar-refractivity contribution in [3.63, 3.8) is 0 Å². The fraction of sp³-hybridized carbons (Fsp3) is 0.625. The van der Waals surface area contributed by atoms with Gasteiger partial charge in [-0.3, -0.25) is 4.90 Å². The molecule has 100 valence electrons. The fourth-order valence-electron chi connectivity index (χ4n) is 3.27. The summed E-state index contributed by atoms with van der Waals surface area (Å²) in [5.74, 6) is 0. The lowest BCUT2D eigenvalue weighted by atomic mass is 10.0. The maximum atomic E-state index is 3.33. The van der Waals surface area contributed by atoms with Crippen LogP contribution in [0.2, 0.25) is 0 Å². The van der Waals surface area contributed by atoms with Gasteiger partial charge >= 0.3 is 0 Å². The van der Waals surface area contributed by atoms with Gasteiger partial charge in [0.2, 0.25) is 0 Å². The predicted molar refractivity (Wildman–Crippen MR) is 78.0 cm³/mol. The fourth-order valence-corrected chi connectivity index (χ4v) is 3.27. The number of nitrogens with one attached hydrogen (secondary N) is 1. The molecule has 0 aromatic heterocycles. The lowest BCUT2D eigenvalue weighted by molar-refractivity contribution is 0.191. The minimum absolute atomic E-state index is 0.532. The molecule has 1 aliphatic rings. The van der Waals surface area contributed by atoms with Crippen molar-refractivity contribution in [3.05, 3.63) is 34.9 Å². The van der Waals surface area contributed by atoms with Gasteiger partial charge in [0, 0.05) is 18.6 Å². The third-order valence-electron chi connectivity index (χ3n) is 4.09. The highest BCUT2D eigenvalue weighted by Crippen LogP contribution is 2.29. The summed E-state index contributed by atoms with van der Waals surface area (Å²) in [6, 6.07) is 8.17. The number of nitrogens with zero attached hydrogens (tertiary/aromatic N) is 1. The molecule has 0 spiro atoms. The lowest BCUT2D eigenvalue weighted by Crippen LogP contribution is -2.38. The van der Waals surface area contributed by atoms with Gasteiger partial charge in [0.15, 0.2) is 0 Å². The summed E-state index contributed by atoms with van der Waals surface area (Å²) < 4.78 is 0. The molecule has 2 atom stereocenters. The maximum absolute atomic E-state index is 3.33. The van der Waals surface area contributed by atoms with Crippen LogP contribution >= 0.6 is 0 Å². The first-order valence-electron chi connectivity index (χ1n) is 7.10. The van der Waals surface area contributed by atoms with Crippen LogP contribution in [0, 0.1) is 13.8 Å². The van der Waals surface area contributed by atoms with Gasteiger partial charge in [-0.25, -0.2) is 0 Å². The predicted octanol–water partition coefficient (Wildman–Crippen LogP) is 3.05. The Morgan fingerprint density at radius 2 is 1.94 bits per heavy atom. The van der Waals surface area contributed by atoms with Crippen molar-refractivity contribution in [2.24, 2.45) is 0 Å². The molecule has 2 rings (SSSR count). The van der Waals surface area contributed by atoms with Crippen LogP contribution in [0.25, 0.3) is 0 Å². The first-order valence-corrected chi connectivity index (χ1v) is 7.10. The van der Waals surface area contributed by atoms with Crippen LogP contribution in [0.4, 0.5) is 0 Å². The Balaban J connectivity index is 2.16. The summed E-state index contributed by atoms with van der Waals surface area (Å²) in [7, 11) is 2.05. The minimum Gasteiger partial charge on any atom is -0.318 e. The molecule has 1 fully saturated rings. The van der Waals surface area contributed by atoms with Gasteiger partial charge in [-0.1, -0.05) is 29.3 Å². The normalized spacial score (nSPS) is 22.3. The Bertz CT molecular complexity index is 380. The third-order valence-corrected chi connectivity index (χ3v) is 4.09. The van der Waals surface area contributed by atoms with Crippen LogP contribution in [-0.4, -0.2) is 31.1 Å². The van der Waals surface area contributed by atoms with Gasteiger partial charge in [-0.05, 0) is 52.8 Å². The lowest BCUT2D eigenvalue weighted by Gasteiger charge is -2.31. The van der Waals surface area contributed by atoms with Gasteiger partial charge in [-0.2, -0.15) is 0 Å². The van der Waals surface area contributed by atoms with Gasteiger partial charge in [0.25, 0.3) is 0 Å². The Labute approximate surface area is 111 Å². The number of hydrogen-bond acceptors (Lipinski definition) is 2. The second-order valence-corrected chi connectivity index (χ2v) is 5.69. The van der Waals surface area contributed by atoms with Crippen molar-refractivity contribution in [3.8, 4) is 0 Å². The van der Waals surface area contributed by atoms with Crippen LogP contribution in [0.1, 0.15) is 42.5 Å². The summed E-state index contributed by atoms with van der Waals surface area (Å²) in [6.07, 6.45) is 2.66. The van der Waals surface area contributed by atoms with E-state index in [1.165, 1.54) is 36.1 Å². The zero-order chi connectivity index (χ0) is 13.1. The second kappa shape index (κ2) is 5.85. The number of rotatable bonds is 4. The van der Waals surface area contributed by atoms with Crippen LogP contribution in [0.3, 0.4) is 0 Å². The molecular weight excluding hydrogens is 220 g/mol. The SMILES string of the molecule is CNCC1CCCN1C(C)c1cc(C)cc(C)c1. The van der Waals surface area contributed by atoms with Crippen LogP contribution in [0.15, 0.2) is 18.2 Å². The van der Waals surface area contributed by atoms with Gasteiger partial charge in [0.05, 0.1) is 0 Å². The highest BCUT2D eigenvalue weighted by molar-refractivity contribution is 5.30. The van der Waals surface area contributed by atoms with E-state index in [2.05, 4.69) is 56.2 Å².